The summed E-state index contributed by atoms with van der Waals surface area (Å²) in [6.07, 6.45) is 5.49. The van der Waals surface area contributed by atoms with Crippen LogP contribution in [0.1, 0.15) is 18.4 Å². The zero-order chi connectivity index (χ0) is 23.4. The number of ether oxygens (including phenoxy) is 3. The average molecular weight is 455 g/mol. The predicted octanol–water partition coefficient (Wildman–Crippen LogP) is 6.67. The van der Waals surface area contributed by atoms with Gasteiger partial charge in [-0.1, -0.05) is 42.5 Å². The number of methoxy groups -OCH3 is 1. The normalized spacial score (nSPS) is 10.5. The van der Waals surface area contributed by atoms with E-state index in [0.717, 1.165) is 47.0 Å². The van der Waals surface area contributed by atoms with Gasteiger partial charge in [-0.25, -0.2) is 0 Å². The van der Waals surface area contributed by atoms with Gasteiger partial charge in [-0.3, -0.25) is 4.98 Å². The molecule has 0 saturated carbocycles. The quantitative estimate of drug-likeness (QED) is 0.224. The number of hydrogen-bond donors (Lipinski definition) is 0. The van der Waals surface area contributed by atoms with Crippen LogP contribution in [0, 0.1) is 0 Å². The molecule has 174 valence electrons. The van der Waals surface area contributed by atoms with Gasteiger partial charge in [0.2, 0.25) is 0 Å². The maximum atomic E-state index is 6.14. The molecule has 0 aliphatic rings. The zero-order valence-electron chi connectivity index (χ0n) is 19.5. The van der Waals surface area contributed by atoms with Gasteiger partial charge in [0.1, 0.15) is 5.75 Å². The number of hydrogen-bond acceptors (Lipinski definition) is 5. The lowest BCUT2D eigenvalue weighted by Crippen LogP contribution is -2.16. The highest BCUT2D eigenvalue weighted by Gasteiger charge is 2.14. The molecule has 0 aliphatic heterocycles. The molecular formula is C29H30N2O3. The molecule has 34 heavy (non-hydrogen) atoms. The molecule has 0 aliphatic carbocycles. The molecule has 0 fully saturated rings. The molecular weight excluding hydrogens is 424 g/mol. The second-order valence-corrected chi connectivity index (χ2v) is 7.84. The summed E-state index contributed by atoms with van der Waals surface area (Å²) in [5.74, 6) is 2.35. The largest absolute Gasteiger partial charge is 0.494 e. The van der Waals surface area contributed by atoms with Gasteiger partial charge in [0.05, 0.1) is 20.3 Å². The smallest absolute Gasteiger partial charge is 0.163 e. The Bertz CT molecular complexity index is 1120. The molecule has 4 rings (SSSR count). The summed E-state index contributed by atoms with van der Waals surface area (Å²) in [4.78, 5) is 6.52. The number of pyridine rings is 1. The first-order valence-electron chi connectivity index (χ1n) is 11.5. The maximum Gasteiger partial charge on any atom is 0.163 e. The Labute approximate surface area is 201 Å². The molecule has 0 N–H and O–H groups in total. The lowest BCUT2D eigenvalue weighted by molar-refractivity contribution is 0.258. The summed E-state index contributed by atoms with van der Waals surface area (Å²) in [5, 5.41) is 0. The van der Waals surface area contributed by atoms with Crippen LogP contribution in [-0.4, -0.2) is 25.3 Å². The van der Waals surface area contributed by atoms with Crippen molar-refractivity contribution in [3.8, 4) is 17.2 Å². The van der Waals surface area contributed by atoms with Crippen LogP contribution < -0.4 is 19.1 Å². The number of benzene rings is 3. The van der Waals surface area contributed by atoms with Gasteiger partial charge in [-0.15, -0.1) is 0 Å². The monoisotopic (exact) mass is 454 g/mol. The van der Waals surface area contributed by atoms with Crippen LogP contribution in [0.4, 0.5) is 11.4 Å². The second-order valence-electron chi connectivity index (χ2n) is 7.84. The number of nitrogens with zero attached hydrogens (tertiary/aromatic N) is 2. The predicted molar refractivity (Wildman–Crippen MR) is 136 cm³/mol. The summed E-state index contributed by atoms with van der Waals surface area (Å²) in [5.41, 5.74) is 3.25. The van der Waals surface area contributed by atoms with Crippen molar-refractivity contribution in [1.29, 1.82) is 0 Å². The van der Waals surface area contributed by atoms with Crippen LogP contribution >= 0.6 is 0 Å². The van der Waals surface area contributed by atoms with Gasteiger partial charge in [0.15, 0.2) is 11.5 Å². The minimum atomic E-state index is 0.589. The first-order valence-corrected chi connectivity index (χ1v) is 11.5. The molecule has 1 aromatic heterocycles. The van der Waals surface area contributed by atoms with Gasteiger partial charge in [-0.2, -0.15) is 0 Å². The van der Waals surface area contributed by atoms with Gasteiger partial charge >= 0.3 is 0 Å². The Morgan fingerprint density at radius 1 is 0.706 bits per heavy atom. The number of para-hydroxylation sites is 2. The third-order valence-electron chi connectivity index (χ3n) is 5.40. The number of anilines is 2. The molecule has 5 heteroatoms. The third kappa shape index (κ3) is 6.51. The van der Waals surface area contributed by atoms with E-state index < -0.39 is 0 Å². The SMILES string of the molecule is COc1ccc(N(Cc2cccnc2)c2ccccc2)cc1OCCCCOc1ccccc1. The molecule has 0 saturated heterocycles. The zero-order valence-corrected chi connectivity index (χ0v) is 19.5. The van der Waals surface area contributed by atoms with Crippen molar-refractivity contribution in [1.82, 2.24) is 4.98 Å². The van der Waals surface area contributed by atoms with E-state index in [1.807, 2.05) is 72.9 Å². The van der Waals surface area contributed by atoms with Crippen molar-refractivity contribution in [2.75, 3.05) is 25.2 Å². The third-order valence-corrected chi connectivity index (χ3v) is 5.40. The van der Waals surface area contributed by atoms with Crippen LogP contribution in [0.2, 0.25) is 0 Å². The fourth-order valence-corrected chi connectivity index (χ4v) is 3.65. The molecule has 0 unspecified atom stereocenters. The highest BCUT2D eigenvalue weighted by molar-refractivity contribution is 5.66. The lowest BCUT2D eigenvalue weighted by atomic mass is 10.2. The number of aromatic nitrogens is 1. The highest BCUT2D eigenvalue weighted by Crippen LogP contribution is 2.35. The molecule has 0 radical (unpaired) electrons. The Morgan fingerprint density at radius 2 is 1.44 bits per heavy atom. The Balaban J connectivity index is 1.42. The first kappa shape index (κ1) is 23.2. The molecule has 1 heterocycles. The highest BCUT2D eigenvalue weighted by atomic mass is 16.5. The Hall–Kier alpha value is -3.99. The summed E-state index contributed by atoms with van der Waals surface area (Å²) in [6.45, 7) is 1.95. The topological polar surface area (TPSA) is 43.8 Å². The fourth-order valence-electron chi connectivity index (χ4n) is 3.65. The van der Waals surface area contributed by atoms with E-state index in [1.54, 1.807) is 13.3 Å². The van der Waals surface area contributed by atoms with Crippen LogP contribution in [0.3, 0.4) is 0 Å². The van der Waals surface area contributed by atoms with Gasteiger partial charge in [-0.05, 0) is 60.9 Å². The molecule has 0 amide bonds. The summed E-state index contributed by atoms with van der Waals surface area (Å²) in [7, 11) is 1.67. The molecule has 3 aromatic carbocycles. The van der Waals surface area contributed by atoms with Gasteiger partial charge < -0.3 is 19.1 Å². The molecule has 5 nitrogen and oxygen atoms in total. The van der Waals surface area contributed by atoms with E-state index in [9.17, 15) is 0 Å². The number of rotatable bonds is 12. The summed E-state index contributed by atoms with van der Waals surface area (Å²) in [6, 6.07) is 30.3. The van der Waals surface area contributed by atoms with Gasteiger partial charge in [0, 0.05) is 36.4 Å². The second kappa shape index (κ2) is 12.3. The van der Waals surface area contributed by atoms with Crippen molar-refractivity contribution in [2.24, 2.45) is 0 Å². The standard InChI is InChI=1S/C29H30N2O3/c1-32-28-17-16-26(21-29(28)34-20-9-8-19-33-27-14-6-3-7-15-27)31(25-12-4-2-5-13-25)23-24-11-10-18-30-22-24/h2-7,10-18,21-22H,8-9,19-20,23H2,1H3. The van der Waals surface area contributed by atoms with Crippen LogP contribution in [0.5, 0.6) is 17.2 Å². The molecule has 4 aromatic rings. The van der Waals surface area contributed by atoms with E-state index in [2.05, 4.69) is 34.1 Å². The fraction of sp³-hybridized carbons (Fsp3) is 0.207. The summed E-state index contributed by atoms with van der Waals surface area (Å²) >= 11 is 0. The van der Waals surface area contributed by atoms with E-state index in [1.165, 1.54) is 0 Å². The van der Waals surface area contributed by atoms with Crippen LogP contribution in [0.25, 0.3) is 0 Å². The van der Waals surface area contributed by atoms with Crippen molar-refractivity contribution in [3.05, 3.63) is 109 Å². The summed E-state index contributed by atoms with van der Waals surface area (Å²) < 4.78 is 17.5. The molecule has 0 atom stereocenters. The van der Waals surface area contributed by atoms with Crippen molar-refractivity contribution < 1.29 is 14.2 Å². The van der Waals surface area contributed by atoms with Crippen LogP contribution in [-0.2, 0) is 6.54 Å². The maximum absolute atomic E-state index is 6.14. The lowest BCUT2D eigenvalue weighted by Gasteiger charge is -2.26. The van der Waals surface area contributed by atoms with Crippen molar-refractivity contribution in [3.63, 3.8) is 0 Å². The minimum Gasteiger partial charge on any atom is -0.494 e. The molecule has 0 bridgehead atoms. The van der Waals surface area contributed by atoms with E-state index >= 15 is 0 Å². The van der Waals surface area contributed by atoms with Crippen molar-refractivity contribution >= 4 is 11.4 Å². The van der Waals surface area contributed by atoms with E-state index in [0.29, 0.717) is 19.8 Å². The Morgan fingerprint density at radius 3 is 2.15 bits per heavy atom. The molecule has 0 spiro atoms. The van der Waals surface area contributed by atoms with E-state index in [-0.39, 0.29) is 0 Å². The first-order chi connectivity index (χ1) is 16.8. The average Bonchev–Trinajstić information content (AvgIpc) is 2.91. The Kier molecular flexibility index (Phi) is 8.39. The van der Waals surface area contributed by atoms with Gasteiger partial charge in [0.25, 0.3) is 0 Å². The van der Waals surface area contributed by atoms with E-state index in [4.69, 9.17) is 14.2 Å². The minimum absolute atomic E-state index is 0.589. The van der Waals surface area contributed by atoms with Crippen LogP contribution in [0.15, 0.2) is 103 Å². The van der Waals surface area contributed by atoms with Crippen molar-refractivity contribution in [2.45, 2.75) is 19.4 Å². The number of unbranched alkanes of at least 4 members (excludes halogenated alkanes) is 1.